The highest BCUT2D eigenvalue weighted by molar-refractivity contribution is 4.87. The fraction of sp³-hybridized carbons (Fsp3) is 1.00. The molecule has 3 heteroatoms. The highest BCUT2D eigenvalue weighted by atomic mass is 16.5. The summed E-state index contributed by atoms with van der Waals surface area (Å²) < 4.78 is 6.18. The predicted octanol–water partition coefficient (Wildman–Crippen LogP) is 3.19. The molecule has 3 nitrogen and oxygen atoms in total. The molecular weight excluding hydrogens is 248 g/mol. The fourth-order valence-electron chi connectivity index (χ4n) is 3.42. The topological polar surface area (TPSA) is 24.5 Å². The highest BCUT2D eigenvalue weighted by Gasteiger charge is 2.34. The van der Waals surface area contributed by atoms with E-state index in [0.717, 1.165) is 13.1 Å². The fourth-order valence-corrected chi connectivity index (χ4v) is 3.42. The second-order valence-electron chi connectivity index (χ2n) is 8.31. The predicted molar refractivity (Wildman–Crippen MR) is 85.2 cm³/mol. The van der Waals surface area contributed by atoms with Crippen molar-refractivity contribution in [1.29, 1.82) is 0 Å². The van der Waals surface area contributed by atoms with Crippen LogP contribution in [0.5, 0.6) is 0 Å². The van der Waals surface area contributed by atoms with Gasteiger partial charge in [0.2, 0.25) is 0 Å². The molecule has 1 N–H and O–H groups in total. The molecule has 0 aromatic rings. The van der Waals surface area contributed by atoms with Crippen LogP contribution in [0.15, 0.2) is 0 Å². The van der Waals surface area contributed by atoms with Crippen molar-refractivity contribution in [3.63, 3.8) is 0 Å². The molecule has 2 unspecified atom stereocenters. The smallest absolute Gasteiger partial charge is 0.0710 e. The Labute approximate surface area is 125 Å². The first-order valence-corrected chi connectivity index (χ1v) is 8.42. The van der Waals surface area contributed by atoms with Crippen molar-refractivity contribution in [3.8, 4) is 0 Å². The minimum atomic E-state index is 0.0968. The van der Waals surface area contributed by atoms with Crippen molar-refractivity contribution in [3.05, 3.63) is 0 Å². The molecular formula is C17H34N2O. The summed E-state index contributed by atoms with van der Waals surface area (Å²) in [5.41, 5.74) is 0.314. The maximum atomic E-state index is 6.18. The van der Waals surface area contributed by atoms with Gasteiger partial charge in [0.15, 0.2) is 0 Å². The van der Waals surface area contributed by atoms with Gasteiger partial charge in [-0.05, 0) is 66.8 Å². The van der Waals surface area contributed by atoms with Gasteiger partial charge in [-0.25, -0.2) is 0 Å². The van der Waals surface area contributed by atoms with E-state index in [9.17, 15) is 0 Å². The maximum Gasteiger partial charge on any atom is 0.0710 e. The van der Waals surface area contributed by atoms with Crippen molar-refractivity contribution < 1.29 is 4.74 Å². The van der Waals surface area contributed by atoms with Gasteiger partial charge in [0.05, 0.1) is 11.7 Å². The number of nitrogens with zero attached hydrogens (tertiary/aromatic N) is 1. The van der Waals surface area contributed by atoms with E-state index in [-0.39, 0.29) is 11.1 Å². The second kappa shape index (κ2) is 6.33. The molecule has 2 rings (SSSR count). The normalized spacial score (nSPS) is 31.6. The van der Waals surface area contributed by atoms with Crippen LogP contribution in [0.1, 0.15) is 66.7 Å². The Hall–Kier alpha value is -0.120. The van der Waals surface area contributed by atoms with Gasteiger partial charge < -0.3 is 10.1 Å². The van der Waals surface area contributed by atoms with Crippen molar-refractivity contribution in [2.75, 3.05) is 19.6 Å². The maximum absolute atomic E-state index is 6.18. The van der Waals surface area contributed by atoms with E-state index in [2.05, 4.69) is 44.8 Å². The number of ether oxygens (including phenoxy) is 1. The number of likely N-dealkylation sites (tertiary alicyclic amines) is 1. The van der Waals surface area contributed by atoms with Crippen LogP contribution in [-0.4, -0.2) is 47.8 Å². The van der Waals surface area contributed by atoms with Gasteiger partial charge in [0, 0.05) is 24.7 Å². The molecule has 2 fully saturated rings. The quantitative estimate of drug-likeness (QED) is 0.857. The average molecular weight is 282 g/mol. The van der Waals surface area contributed by atoms with Crippen molar-refractivity contribution >= 4 is 0 Å². The molecule has 118 valence electrons. The molecule has 0 spiro atoms. The first kappa shape index (κ1) is 16.3. The monoisotopic (exact) mass is 282 g/mol. The summed E-state index contributed by atoms with van der Waals surface area (Å²) in [5, 5.41) is 3.68. The summed E-state index contributed by atoms with van der Waals surface area (Å²) in [7, 11) is 0. The number of hydrogen-bond donors (Lipinski definition) is 1. The molecule has 2 aliphatic rings. The van der Waals surface area contributed by atoms with E-state index in [1.807, 2.05) is 0 Å². The van der Waals surface area contributed by atoms with Crippen molar-refractivity contribution in [1.82, 2.24) is 10.2 Å². The van der Waals surface area contributed by atoms with Crippen LogP contribution in [0.25, 0.3) is 0 Å². The molecule has 20 heavy (non-hydrogen) atoms. The SMILES string of the molecule is CC(C)(C)NCC1CCCCN1CC1CCC(C)(C)O1. The Bertz CT molecular complexity index is 309. The first-order chi connectivity index (χ1) is 9.25. The average Bonchev–Trinajstić information content (AvgIpc) is 2.66. The standard InChI is InChI=1S/C17H34N2O/c1-16(2,3)18-12-14-8-6-7-11-19(14)13-15-9-10-17(4,5)20-15/h14-15,18H,6-13H2,1-5H3. The molecule has 0 bridgehead atoms. The Balaban J connectivity index is 1.84. The molecule has 0 aromatic carbocycles. The van der Waals surface area contributed by atoms with Gasteiger partial charge >= 0.3 is 0 Å². The van der Waals surface area contributed by atoms with E-state index >= 15 is 0 Å². The van der Waals surface area contributed by atoms with Crippen LogP contribution in [0, 0.1) is 0 Å². The minimum absolute atomic E-state index is 0.0968. The summed E-state index contributed by atoms with van der Waals surface area (Å²) in [6, 6.07) is 0.690. The summed E-state index contributed by atoms with van der Waals surface area (Å²) in [4.78, 5) is 2.67. The Morgan fingerprint density at radius 2 is 1.95 bits per heavy atom. The summed E-state index contributed by atoms with van der Waals surface area (Å²) in [5.74, 6) is 0. The molecule has 0 radical (unpaired) electrons. The van der Waals surface area contributed by atoms with Gasteiger partial charge in [-0.3, -0.25) is 4.90 Å². The summed E-state index contributed by atoms with van der Waals surface area (Å²) in [6.45, 7) is 14.7. The summed E-state index contributed by atoms with van der Waals surface area (Å²) >= 11 is 0. The van der Waals surface area contributed by atoms with Crippen LogP contribution in [0.4, 0.5) is 0 Å². The van der Waals surface area contributed by atoms with E-state index < -0.39 is 0 Å². The molecule has 2 atom stereocenters. The lowest BCUT2D eigenvalue weighted by molar-refractivity contribution is -0.0374. The number of hydrogen-bond acceptors (Lipinski definition) is 3. The van der Waals surface area contributed by atoms with E-state index in [1.165, 1.54) is 38.6 Å². The molecule has 2 heterocycles. The molecule has 2 aliphatic heterocycles. The first-order valence-electron chi connectivity index (χ1n) is 8.42. The molecule has 0 aliphatic carbocycles. The van der Waals surface area contributed by atoms with E-state index in [0.29, 0.717) is 12.1 Å². The Kier molecular flexibility index (Phi) is 5.14. The van der Waals surface area contributed by atoms with Gasteiger partial charge in [-0.15, -0.1) is 0 Å². The van der Waals surface area contributed by atoms with Crippen molar-refractivity contribution in [2.45, 2.75) is 90.0 Å². The van der Waals surface area contributed by atoms with Crippen LogP contribution < -0.4 is 5.32 Å². The lowest BCUT2D eigenvalue weighted by atomic mass is 9.99. The zero-order chi connectivity index (χ0) is 14.8. The summed E-state index contributed by atoms with van der Waals surface area (Å²) in [6.07, 6.45) is 6.94. The minimum Gasteiger partial charge on any atom is -0.371 e. The van der Waals surface area contributed by atoms with Gasteiger partial charge in [0.25, 0.3) is 0 Å². The number of nitrogens with one attached hydrogen (secondary N) is 1. The molecule has 0 saturated carbocycles. The van der Waals surface area contributed by atoms with Crippen LogP contribution >= 0.6 is 0 Å². The van der Waals surface area contributed by atoms with E-state index in [1.54, 1.807) is 0 Å². The Morgan fingerprint density at radius 1 is 1.20 bits per heavy atom. The lowest BCUT2D eigenvalue weighted by Gasteiger charge is -2.39. The van der Waals surface area contributed by atoms with Crippen molar-refractivity contribution in [2.24, 2.45) is 0 Å². The van der Waals surface area contributed by atoms with Gasteiger partial charge in [-0.2, -0.15) is 0 Å². The van der Waals surface area contributed by atoms with Crippen LogP contribution in [-0.2, 0) is 4.74 Å². The molecule has 2 saturated heterocycles. The van der Waals surface area contributed by atoms with Crippen LogP contribution in [0.2, 0.25) is 0 Å². The molecule has 0 aromatic heterocycles. The van der Waals surface area contributed by atoms with Gasteiger partial charge in [0.1, 0.15) is 0 Å². The van der Waals surface area contributed by atoms with Crippen LogP contribution in [0.3, 0.4) is 0 Å². The zero-order valence-corrected chi connectivity index (χ0v) is 14.2. The molecule has 0 amide bonds. The number of piperidine rings is 1. The Morgan fingerprint density at radius 3 is 2.55 bits per heavy atom. The highest BCUT2D eigenvalue weighted by Crippen LogP contribution is 2.30. The third-order valence-electron chi connectivity index (χ3n) is 4.61. The lowest BCUT2D eigenvalue weighted by Crippen LogP contribution is -2.51. The van der Waals surface area contributed by atoms with E-state index in [4.69, 9.17) is 4.74 Å². The number of rotatable bonds is 4. The third kappa shape index (κ3) is 5.01. The van der Waals surface area contributed by atoms with Gasteiger partial charge in [-0.1, -0.05) is 6.42 Å². The largest absolute Gasteiger partial charge is 0.371 e. The third-order valence-corrected chi connectivity index (χ3v) is 4.61. The zero-order valence-electron chi connectivity index (χ0n) is 14.2. The second-order valence-corrected chi connectivity index (χ2v) is 8.31.